The van der Waals surface area contributed by atoms with Crippen molar-refractivity contribution in [1.29, 1.82) is 0 Å². The number of hydrazine groups is 1. The number of halogens is 3. The Kier molecular flexibility index (Phi) is 15.2. The number of morpholine rings is 1. The number of hydrogen-bond donors (Lipinski definition) is 3. The lowest BCUT2D eigenvalue weighted by molar-refractivity contribution is -0.156. The number of amides is 3. The van der Waals surface area contributed by atoms with E-state index in [1.54, 1.807) is 6.07 Å². The van der Waals surface area contributed by atoms with Gasteiger partial charge in [-0.15, -0.1) is 0 Å². The van der Waals surface area contributed by atoms with E-state index >= 15 is 22.8 Å². The Hall–Kier alpha value is -5.02. The minimum Gasteiger partial charge on any atom is -0.464 e. The van der Waals surface area contributed by atoms with E-state index in [2.05, 4.69) is 47.6 Å². The molecule has 436 valence electrons. The Balaban J connectivity index is 0.872. The zero-order valence-electron chi connectivity index (χ0n) is 47.6. The van der Waals surface area contributed by atoms with Crippen molar-refractivity contribution < 1.29 is 41.8 Å². The smallest absolute Gasteiger partial charge is 0.406 e. The molecule has 2 aromatic heterocycles. The van der Waals surface area contributed by atoms with Crippen LogP contribution in [0.2, 0.25) is 0 Å². The second kappa shape index (κ2) is 22.0. The zero-order valence-corrected chi connectivity index (χ0v) is 47.6. The highest BCUT2D eigenvalue weighted by Gasteiger charge is 2.55. The highest BCUT2D eigenvalue weighted by atomic mass is 19.4. The molecule has 1 aromatic carbocycles. The van der Waals surface area contributed by atoms with Gasteiger partial charge in [0.2, 0.25) is 11.8 Å². The number of nitrogens with zero attached hydrogens (tertiary/aromatic N) is 8. The number of pyridine rings is 1. The van der Waals surface area contributed by atoms with Crippen molar-refractivity contribution in [3.63, 3.8) is 0 Å². The molecule has 2 saturated carbocycles. The lowest BCUT2D eigenvalue weighted by Gasteiger charge is -2.39. The molecule has 6 bridgehead atoms. The summed E-state index contributed by atoms with van der Waals surface area (Å²) >= 11 is 0. The van der Waals surface area contributed by atoms with Crippen molar-refractivity contribution >= 4 is 46.0 Å². The number of aromatic nitrogens is 2. The monoisotopic (exact) mass is 1110 g/mol. The largest absolute Gasteiger partial charge is 0.464 e. The highest BCUT2D eigenvalue weighted by molar-refractivity contribution is 5.95. The molecular formula is C60H84F3N11O6. The third-order valence-electron chi connectivity index (χ3n) is 19.4. The van der Waals surface area contributed by atoms with E-state index in [1.807, 2.05) is 52.1 Å². The summed E-state index contributed by atoms with van der Waals surface area (Å²) in [6, 6.07) is 5.71. The highest BCUT2D eigenvalue weighted by Crippen LogP contribution is 2.47. The van der Waals surface area contributed by atoms with Gasteiger partial charge in [0.05, 0.1) is 48.6 Å². The van der Waals surface area contributed by atoms with E-state index in [9.17, 15) is 9.59 Å². The molecule has 9 aliphatic rings. The molecule has 9 heterocycles. The van der Waals surface area contributed by atoms with Crippen molar-refractivity contribution in [1.82, 2.24) is 45.3 Å². The van der Waals surface area contributed by atoms with E-state index in [0.29, 0.717) is 85.4 Å². The Morgan fingerprint density at radius 2 is 1.68 bits per heavy atom. The molecule has 3 aromatic rings. The molecule has 0 unspecified atom stereocenters. The Labute approximate surface area is 468 Å². The first-order valence-electron chi connectivity index (χ1n) is 30.1. The Bertz CT molecular complexity index is 2830. The summed E-state index contributed by atoms with van der Waals surface area (Å²) in [5.41, 5.74) is 7.03. The van der Waals surface area contributed by atoms with Crippen molar-refractivity contribution in [2.75, 3.05) is 102 Å². The van der Waals surface area contributed by atoms with Gasteiger partial charge < -0.3 is 39.0 Å². The van der Waals surface area contributed by atoms with E-state index in [-0.39, 0.29) is 60.5 Å². The number of cyclic esters (lactones) is 1. The molecule has 20 heteroatoms. The van der Waals surface area contributed by atoms with Gasteiger partial charge >= 0.3 is 12.1 Å². The number of carbonyl (C=O) groups excluding carboxylic acids is 4. The Morgan fingerprint density at radius 1 is 0.900 bits per heavy atom. The minimum absolute atomic E-state index is 0.0310. The fraction of sp³-hybridized carbons (Fsp3) is 0.717. The summed E-state index contributed by atoms with van der Waals surface area (Å²) in [6.07, 6.45) is 6.29. The molecule has 17 nitrogen and oxygen atoms in total. The van der Waals surface area contributed by atoms with Crippen LogP contribution in [0.25, 0.3) is 22.2 Å². The number of piperazine rings is 1. The standard InChI is InChI=1S/C60H84F3N11O6/c1-37(2)49-44(28-41(31-64-49)69-23-21-68(5)22-24-69)53-45-30-58(3,4)36-80-57(78)46-11-8-18-74(67-46)55(76)47(29-42-32-70(25-26-79-42)40-14-15-48(43(45)27-40)73(53)35-60(61,62)63)65-54(75)52(39-9-6-7-10-39)71-19-16-59(33-71)17-20-72(34-59)56(77)51-50(66-51)38-12-13-38/h14-15,27-28,31,37-39,42,46-47,50-52,66-67H,6-13,16-26,29-30,32-36H2,1-5H3,(H,65,75)/t42-,46-,47-,50+,51+,52-,59-/m0/s1. The maximum Gasteiger partial charge on any atom is 0.406 e. The molecule has 1 spiro atoms. The summed E-state index contributed by atoms with van der Waals surface area (Å²) in [5.74, 6) is -0.191. The number of nitrogens with one attached hydrogen (secondary N) is 3. The number of esters is 1. The van der Waals surface area contributed by atoms with Crippen LogP contribution in [0.1, 0.15) is 115 Å². The number of benzene rings is 1. The quantitative estimate of drug-likeness (QED) is 0.158. The van der Waals surface area contributed by atoms with Gasteiger partial charge in [-0.05, 0) is 119 Å². The summed E-state index contributed by atoms with van der Waals surface area (Å²) in [7, 11) is 2.09. The second-order valence-corrected chi connectivity index (χ2v) is 26.5. The molecule has 0 radical (unpaired) electrons. The molecule has 2 aliphatic carbocycles. The van der Waals surface area contributed by atoms with Gasteiger partial charge in [-0.3, -0.25) is 39.4 Å². The molecule has 7 atom stereocenters. The second-order valence-electron chi connectivity index (χ2n) is 26.5. The van der Waals surface area contributed by atoms with Crippen LogP contribution in [0.3, 0.4) is 0 Å². The van der Waals surface area contributed by atoms with Crippen LogP contribution in [0.5, 0.6) is 0 Å². The average Bonchev–Trinajstić information content (AvgIpc) is 4.39. The fourth-order valence-corrected chi connectivity index (χ4v) is 14.9. The molecular weight excluding hydrogens is 1030 g/mol. The van der Waals surface area contributed by atoms with Crippen LogP contribution in [-0.4, -0.2) is 188 Å². The topological polar surface area (TPSA) is 170 Å². The summed E-state index contributed by atoms with van der Waals surface area (Å²) in [5, 5.41) is 8.94. The number of hydrogen-bond acceptors (Lipinski definition) is 13. The van der Waals surface area contributed by atoms with Crippen LogP contribution in [0, 0.1) is 22.7 Å². The van der Waals surface area contributed by atoms with Gasteiger partial charge in [-0.2, -0.15) is 13.2 Å². The summed E-state index contributed by atoms with van der Waals surface area (Å²) in [6.45, 7) is 14.4. The number of ether oxygens (including phenoxy) is 2. The third kappa shape index (κ3) is 11.5. The predicted molar refractivity (Wildman–Crippen MR) is 299 cm³/mol. The van der Waals surface area contributed by atoms with Crippen LogP contribution in [0.15, 0.2) is 30.5 Å². The predicted octanol–water partition coefficient (Wildman–Crippen LogP) is 6.08. The number of likely N-dealkylation sites (tertiary alicyclic amines) is 2. The third-order valence-corrected chi connectivity index (χ3v) is 19.4. The molecule has 8 fully saturated rings. The first kappa shape index (κ1) is 55.5. The molecule has 3 N–H and O–H groups in total. The SMILES string of the molecule is CC(C)c1ncc(N2CCN(C)CC2)cc1-c1c2c3cc(ccc3n1CC(F)(F)F)N1CCO[C@@H](C[C@H](NC(=O)[C@H](C3CCCC3)N3CC[C@]4(CCN(C(=O)[C@@H]5N[C@@H]5C5CC5)C4)C3)C(=O)N3CCC[C@H](N3)C(=O)OCC(C)(C)C2)C1. The van der Waals surface area contributed by atoms with Gasteiger partial charge in [0, 0.05) is 111 Å². The van der Waals surface area contributed by atoms with E-state index < -0.39 is 48.3 Å². The van der Waals surface area contributed by atoms with Crippen molar-refractivity contribution in [2.24, 2.45) is 22.7 Å². The number of rotatable bonds is 10. The first-order chi connectivity index (χ1) is 38.3. The van der Waals surface area contributed by atoms with Crippen LogP contribution in [-0.2, 0) is 41.6 Å². The first-order valence-corrected chi connectivity index (χ1v) is 30.1. The Morgan fingerprint density at radius 3 is 2.42 bits per heavy atom. The van der Waals surface area contributed by atoms with E-state index in [4.69, 9.17) is 14.5 Å². The lowest BCUT2D eigenvalue weighted by atomic mass is 9.84. The van der Waals surface area contributed by atoms with Crippen molar-refractivity contribution in [3.05, 3.63) is 41.7 Å². The van der Waals surface area contributed by atoms with Gasteiger partial charge in [0.25, 0.3) is 5.91 Å². The van der Waals surface area contributed by atoms with E-state index in [1.165, 1.54) is 22.4 Å². The minimum atomic E-state index is -4.56. The van der Waals surface area contributed by atoms with Gasteiger partial charge in [0.15, 0.2) is 0 Å². The van der Waals surface area contributed by atoms with Gasteiger partial charge in [0.1, 0.15) is 24.7 Å². The molecule has 7 aliphatic heterocycles. The lowest BCUT2D eigenvalue weighted by Crippen LogP contribution is -2.62. The molecule has 6 saturated heterocycles. The summed E-state index contributed by atoms with van der Waals surface area (Å²) in [4.78, 5) is 74.4. The number of carbonyl (C=O) groups is 4. The zero-order chi connectivity index (χ0) is 55.8. The van der Waals surface area contributed by atoms with Crippen LogP contribution in [0.4, 0.5) is 24.5 Å². The van der Waals surface area contributed by atoms with E-state index in [0.717, 1.165) is 101 Å². The number of alkyl halides is 3. The van der Waals surface area contributed by atoms with Crippen LogP contribution >= 0.6 is 0 Å². The number of likely N-dealkylation sites (N-methyl/N-ethyl adjacent to an activating group) is 1. The average molecular weight is 1110 g/mol. The van der Waals surface area contributed by atoms with Gasteiger partial charge in [-0.25, -0.2) is 5.43 Å². The van der Waals surface area contributed by atoms with Crippen LogP contribution < -0.4 is 25.9 Å². The molecule has 3 amide bonds. The summed E-state index contributed by atoms with van der Waals surface area (Å²) < 4.78 is 59.6. The maximum atomic E-state index is 15.3. The van der Waals surface area contributed by atoms with Crippen molar-refractivity contribution in [3.8, 4) is 11.3 Å². The normalized spacial score (nSPS) is 29.7. The molecule has 12 rings (SSSR count). The maximum absolute atomic E-state index is 15.3. The van der Waals surface area contributed by atoms with Gasteiger partial charge in [-0.1, -0.05) is 40.5 Å². The molecule has 80 heavy (non-hydrogen) atoms. The number of fused-ring (bicyclic) bond motifs is 6. The fourth-order valence-electron chi connectivity index (χ4n) is 14.9. The van der Waals surface area contributed by atoms with Crippen molar-refractivity contribution in [2.45, 2.75) is 160 Å². The number of anilines is 2.